The summed E-state index contributed by atoms with van der Waals surface area (Å²) in [5, 5.41) is 14.1. The zero-order chi connectivity index (χ0) is 20.0. The molecule has 0 radical (unpaired) electrons. The van der Waals surface area contributed by atoms with Crippen molar-refractivity contribution in [2.24, 2.45) is 12.8 Å². The molecule has 1 aliphatic carbocycles. The number of halogens is 2. The minimum Gasteiger partial charge on any atom is -0.384 e. The van der Waals surface area contributed by atoms with E-state index in [4.69, 9.17) is 5.73 Å². The molecule has 2 heterocycles. The van der Waals surface area contributed by atoms with Gasteiger partial charge >= 0.3 is 0 Å². The van der Waals surface area contributed by atoms with Crippen LogP contribution in [0.5, 0.6) is 0 Å². The molecule has 28 heavy (non-hydrogen) atoms. The Hall–Kier alpha value is -2.92. The Morgan fingerprint density at radius 3 is 2.82 bits per heavy atom. The highest BCUT2D eigenvalue weighted by Gasteiger charge is 2.41. The van der Waals surface area contributed by atoms with Gasteiger partial charge in [-0.25, -0.2) is 4.39 Å². The molecule has 2 N–H and O–H groups in total. The Balaban J connectivity index is 1.98. The molecule has 0 bridgehead atoms. The van der Waals surface area contributed by atoms with E-state index in [0.717, 1.165) is 5.56 Å². The normalized spacial score (nSPS) is 19.7. The zero-order valence-electron chi connectivity index (χ0n) is 15.1. The topological polar surface area (TPSA) is 87.9 Å². The predicted molar refractivity (Wildman–Crippen MR) is 105 cm³/mol. The number of carbonyl (C=O) groups is 1. The van der Waals surface area contributed by atoms with Gasteiger partial charge in [0.1, 0.15) is 11.6 Å². The first-order chi connectivity index (χ1) is 13.4. The summed E-state index contributed by atoms with van der Waals surface area (Å²) in [6.45, 7) is 0. The Kier molecular flexibility index (Phi) is 4.55. The molecule has 8 heteroatoms. The van der Waals surface area contributed by atoms with Gasteiger partial charge in [-0.2, -0.15) is 10.4 Å². The van der Waals surface area contributed by atoms with Gasteiger partial charge in [-0.3, -0.25) is 14.4 Å². The van der Waals surface area contributed by atoms with E-state index in [0.29, 0.717) is 35.0 Å². The van der Waals surface area contributed by atoms with Crippen molar-refractivity contribution in [2.45, 2.75) is 25.2 Å². The number of anilines is 1. The van der Waals surface area contributed by atoms with Gasteiger partial charge < -0.3 is 5.73 Å². The van der Waals surface area contributed by atoms with Crippen LogP contribution in [0.25, 0.3) is 0 Å². The molecule has 1 aromatic carbocycles. The number of ketones is 1. The standard InChI is InChI=1S/C20H17BrFN5O/c1-26-10-11(9-25-26)18-13(8-23)20(24)27(15-6-5-12(21)7-14(15)22)16-3-2-4-17(28)19(16)18/h5-7,9-10,18H,2-4,24H2,1H3/t18-/m1/s1. The Labute approximate surface area is 169 Å². The number of aryl methyl sites for hydroxylation is 1. The summed E-state index contributed by atoms with van der Waals surface area (Å²) in [4.78, 5) is 14.4. The van der Waals surface area contributed by atoms with Crippen LogP contribution in [0.3, 0.4) is 0 Å². The third kappa shape index (κ3) is 2.83. The van der Waals surface area contributed by atoms with Crippen molar-refractivity contribution in [3.63, 3.8) is 0 Å². The number of hydrogen-bond donors (Lipinski definition) is 1. The van der Waals surface area contributed by atoms with Crippen molar-refractivity contribution in [2.75, 3.05) is 4.90 Å². The van der Waals surface area contributed by atoms with Crippen LogP contribution in [0, 0.1) is 17.1 Å². The van der Waals surface area contributed by atoms with Crippen molar-refractivity contribution in [3.8, 4) is 6.07 Å². The molecule has 0 saturated carbocycles. The van der Waals surface area contributed by atoms with Gasteiger partial charge in [0.25, 0.3) is 0 Å². The number of aromatic nitrogens is 2. The number of benzene rings is 1. The van der Waals surface area contributed by atoms with Crippen LogP contribution in [0.15, 0.2) is 57.7 Å². The number of carbonyl (C=O) groups excluding carboxylic acids is 1. The average molecular weight is 442 g/mol. The van der Waals surface area contributed by atoms with E-state index in [1.54, 1.807) is 36.3 Å². The average Bonchev–Trinajstić information content (AvgIpc) is 3.08. The van der Waals surface area contributed by atoms with Crippen molar-refractivity contribution < 1.29 is 9.18 Å². The fraction of sp³-hybridized carbons (Fsp3) is 0.250. The van der Waals surface area contributed by atoms with Crippen LogP contribution >= 0.6 is 15.9 Å². The van der Waals surface area contributed by atoms with E-state index in [9.17, 15) is 14.4 Å². The molecule has 0 unspecified atom stereocenters. The fourth-order valence-electron chi connectivity index (χ4n) is 3.95. The maximum atomic E-state index is 14.8. The molecule has 0 spiro atoms. The van der Waals surface area contributed by atoms with Crippen molar-refractivity contribution >= 4 is 27.4 Å². The first-order valence-corrected chi connectivity index (χ1v) is 9.61. The summed E-state index contributed by atoms with van der Waals surface area (Å²) < 4.78 is 17.0. The molecule has 0 saturated heterocycles. The van der Waals surface area contributed by atoms with Crippen LogP contribution in [-0.2, 0) is 11.8 Å². The summed E-state index contributed by atoms with van der Waals surface area (Å²) >= 11 is 3.25. The van der Waals surface area contributed by atoms with E-state index in [1.165, 1.54) is 11.0 Å². The third-order valence-electron chi connectivity index (χ3n) is 5.12. The largest absolute Gasteiger partial charge is 0.384 e. The lowest BCUT2D eigenvalue weighted by molar-refractivity contribution is -0.116. The lowest BCUT2D eigenvalue weighted by Crippen LogP contribution is -2.39. The molecule has 0 amide bonds. The third-order valence-corrected chi connectivity index (χ3v) is 5.62. The first kappa shape index (κ1) is 18.4. The summed E-state index contributed by atoms with van der Waals surface area (Å²) in [5.74, 6) is -0.973. The highest BCUT2D eigenvalue weighted by atomic mass is 79.9. The monoisotopic (exact) mass is 441 g/mol. The second kappa shape index (κ2) is 6.91. The summed E-state index contributed by atoms with van der Waals surface area (Å²) in [6, 6.07) is 6.79. The van der Waals surface area contributed by atoms with Gasteiger partial charge in [0.15, 0.2) is 5.78 Å². The van der Waals surface area contributed by atoms with E-state index in [1.807, 2.05) is 0 Å². The number of rotatable bonds is 2. The second-order valence-corrected chi connectivity index (χ2v) is 7.77. The molecule has 1 atom stereocenters. The van der Waals surface area contributed by atoms with Gasteiger partial charge in [0, 0.05) is 41.0 Å². The number of nitrogens with zero attached hydrogens (tertiary/aromatic N) is 4. The number of allylic oxidation sites excluding steroid dienone is 3. The van der Waals surface area contributed by atoms with Crippen LogP contribution in [0.2, 0.25) is 0 Å². The van der Waals surface area contributed by atoms with Crippen LogP contribution < -0.4 is 10.6 Å². The highest BCUT2D eigenvalue weighted by Crippen LogP contribution is 2.46. The van der Waals surface area contributed by atoms with Gasteiger partial charge in [0.2, 0.25) is 0 Å². The fourth-order valence-corrected chi connectivity index (χ4v) is 4.28. The Bertz CT molecular complexity index is 1090. The predicted octanol–water partition coefficient (Wildman–Crippen LogP) is 3.63. The molecule has 142 valence electrons. The van der Waals surface area contributed by atoms with E-state index in [2.05, 4.69) is 27.1 Å². The Morgan fingerprint density at radius 2 is 2.18 bits per heavy atom. The first-order valence-electron chi connectivity index (χ1n) is 8.82. The molecule has 2 aromatic rings. The van der Waals surface area contributed by atoms with Gasteiger partial charge in [-0.05, 0) is 31.0 Å². The van der Waals surface area contributed by atoms with E-state index >= 15 is 0 Å². The molecular formula is C20H17BrFN5O. The smallest absolute Gasteiger partial charge is 0.161 e. The van der Waals surface area contributed by atoms with Gasteiger partial charge in [0.05, 0.1) is 29.4 Å². The molecule has 1 aromatic heterocycles. The molecule has 0 fully saturated rings. The van der Waals surface area contributed by atoms with Crippen LogP contribution in [0.1, 0.15) is 30.7 Å². The molecule has 2 aliphatic rings. The Morgan fingerprint density at radius 1 is 1.39 bits per heavy atom. The van der Waals surface area contributed by atoms with Crippen LogP contribution in [-0.4, -0.2) is 15.6 Å². The number of nitrogens with two attached hydrogens (primary N) is 1. The molecule has 6 nitrogen and oxygen atoms in total. The minimum absolute atomic E-state index is 0.0436. The lowest BCUT2D eigenvalue weighted by Gasteiger charge is -2.39. The van der Waals surface area contributed by atoms with Gasteiger partial charge in [-0.15, -0.1) is 0 Å². The summed E-state index contributed by atoms with van der Waals surface area (Å²) in [6.07, 6.45) is 5.04. The zero-order valence-corrected chi connectivity index (χ0v) is 16.7. The SMILES string of the molecule is Cn1cc([C@@H]2C(C#N)=C(N)N(c3ccc(Br)cc3F)C3=C2C(=O)CCC3)cn1. The van der Waals surface area contributed by atoms with E-state index < -0.39 is 11.7 Å². The number of nitriles is 1. The minimum atomic E-state index is -0.587. The van der Waals surface area contributed by atoms with Gasteiger partial charge in [-0.1, -0.05) is 15.9 Å². The van der Waals surface area contributed by atoms with Crippen LogP contribution in [0.4, 0.5) is 10.1 Å². The molecule has 1 aliphatic heterocycles. The maximum absolute atomic E-state index is 14.8. The number of hydrogen-bond acceptors (Lipinski definition) is 5. The molecular weight excluding hydrogens is 425 g/mol. The lowest BCUT2D eigenvalue weighted by atomic mass is 9.76. The second-order valence-electron chi connectivity index (χ2n) is 6.86. The molecule has 4 rings (SSSR count). The number of Topliss-reactive ketones (excluding diaryl/α,β-unsaturated/α-hetero) is 1. The summed E-state index contributed by atoms with van der Waals surface area (Å²) in [5.41, 5.74) is 8.73. The maximum Gasteiger partial charge on any atom is 0.161 e. The summed E-state index contributed by atoms with van der Waals surface area (Å²) in [7, 11) is 1.77. The quantitative estimate of drug-likeness (QED) is 0.768. The van der Waals surface area contributed by atoms with Crippen molar-refractivity contribution in [1.29, 1.82) is 5.26 Å². The highest BCUT2D eigenvalue weighted by molar-refractivity contribution is 9.10. The van der Waals surface area contributed by atoms with Crippen molar-refractivity contribution in [1.82, 2.24) is 9.78 Å². The van der Waals surface area contributed by atoms with Crippen molar-refractivity contribution in [3.05, 3.63) is 69.1 Å². The van der Waals surface area contributed by atoms with E-state index in [-0.39, 0.29) is 22.9 Å².